The third-order valence-corrected chi connectivity index (χ3v) is 4.37. The number of aromatic nitrogens is 2. The van der Waals surface area contributed by atoms with Crippen molar-refractivity contribution in [1.82, 2.24) is 14.9 Å². The summed E-state index contributed by atoms with van der Waals surface area (Å²) in [5.41, 5.74) is 5.15. The number of amides is 1. The number of carbonyl (C=O) groups is 1. The number of imidazole rings is 1. The van der Waals surface area contributed by atoms with Crippen LogP contribution in [-0.2, 0) is 4.79 Å². The topological polar surface area (TPSA) is 72.9 Å². The van der Waals surface area contributed by atoms with Crippen molar-refractivity contribution in [3.63, 3.8) is 0 Å². The molecule has 0 spiro atoms. The lowest BCUT2D eigenvalue weighted by Crippen LogP contribution is -2.59. The molecule has 0 saturated heterocycles. The van der Waals surface area contributed by atoms with Crippen LogP contribution in [0.25, 0.3) is 0 Å². The van der Waals surface area contributed by atoms with Gasteiger partial charge in [-0.15, -0.1) is 0 Å². The molecular weight excluding hydrogens is 264 g/mol. The summed E-state index contributed by atoms with van der Waals surface area (Å²) in [5.74, 6) is 1.24. The van der Waals surface area contributed by atoms with E-state index in [1.54, 1.807) is 0 Å². The molecule has 0 aliphatic heterocycles. The minimum atomic E-state index is -0.588. The molecule has 1 heterocycles. The molecule has 1 aromatic rings. The van der Waals surface area contributed by atoms with Crippen LogP contribution in [0, 0.1) is 0 Å². The van der Waals surface area contributed by atoms with E-state index < -0.39 is 5.54 Å². The Hall–Kier alpha value is -1.36. The molecule has 2 atom stereocenters. The number of nitrogens with two attached hydrogens (primary N) is 1. The van der Waals surface area contributed by atoms with Crippen molar-refractivity contribution in [2.45, 2.75) is 76.9 Å². The molecule has 1 amide bonds. The molecule has 2 unspecified atom stereocenters. The lowest BCUT2D eigenvalue weighted by molar-refractivity contribution is -0.126. The second-order valence-corrected chi connectivity index (χ2v) is 6.84. The lowest BCUT2D eigenvalue weighted by atomic mass is 9.77. The highest BCUT2D eigenvalue weighted by atomic mass is 16.1. The molecule has 5 nitrogen and oxygen atoms in total. The molecule has 1 aliphatic carbocycles. The van der Waals surface area contributed by atoms with Crippen molar-refractivity contribution < 1.29 is 4.79 Å². The van der Waals surface area contributed by atoms with Gasteiger partial charge >= 0.3 is 0 Å². The zero-order valence-corrected chi connectivity index (χ0v) is 13.6. The maximum absolute atomic E-state index is 12.1. The predicted octanol–water partition coefficient (Wildman–Crippen LogP) is 2.34. The fourth-order valence-electron chi connectivity index (χ4n) is 3.54. The van der Waals surface area contributed by atoms with Gasteiger partial charge in [0.1, 0.15) is 5.82 Å². The number of hydrogen-bond donors (Lipinski definition) is 2. The van der Waals surface area contributed by atoms with Crippen LogP contribution in [0.15, 0.2) is 12.4 Å². The summed E-state index contributed by atoms with van der Waals surface area (Å²) < 4.78 is 2.24. The molecule has 0 radical (unpaired) electrons. The first kappa shape index (κ1) is 16.0. The maximum atomic E-state index is 12.1. The predicted molar refractivity (Wildman–Crippen MR) is 84.0 cm³/mol. The average molecular weight is 292 g/mol. The summed E-state index contributed by atoms with van der Waals surface area (Å²) in [6.45, 7) is 8.42. The van der Waals surface area contributed by atoms with E-state index in [1.165, 1.54) is 0 Å². The molecule has 3 N–H and O–H groups in total. The van der Waals surface area contributed by atoms with Crippen LogP contribution in [0.1, 0.15) is 71.2 Å². The van der Waals surface area contributed by atoms with Crippen LogP contribution in [-0.4, -0.2) is 27.0 Å². The molecule has 1 saturated carbocycles. The Morgan fingerprint density at radius 1 is 1.48 bits per heavy atom. The first-order valence-corrected chi connectivity index (χ1v) is 7.96. The Morgan fingerprint density at radius 2 is 2.19 bits per heavy atom. The van der Waals surface area contributed by atoms with E-state index in [0.717, 1.165) is 31.5 Å². The average Bonchev–Trinajstić information content (AvgIpc) is 2.87. The number of nitrogens with zero attached hydrogens (tertiary/aromatic N) is 2. The molecule has 0 bridgehead atoms. The summed E-state index contributed by atoms with van der Waals surface area (Å²) in [6.07, 6.45) is 7.53. The summed E-state index contributed by atoms with van der Waals surface area (Å²) in [6, 6.07) is 0.529. The van der Waals surface area contributed by atoms with Crippen LogP contribution < -0.4 is 11.1 Å². The smallest absolute Gasteiger partial charge is 0.237 e. The van der Waals surface area contributed by atoms with Gasteiger partial charge in [-0.25, -0.2) is 4.98 Å². The number of hydrogen-bond acceptors (Lipinski definition) is 3. The van der Waals surface area contributed by atoms with Gasteiger partial charge in [0.05, 0.1) is 5.54 Å². The highest BCUT2D eigenvalue weighted by molar-refractivity contribution is 5.84. The molecule has 0 aromatic carbocycles. The first-order chi connectivity index (χ1) is 9.85. The Morgan fingerprint density at radius 3 is 2.76 bits per heavy atom. The summed E-state index contributed by atoms with van der Waals surface area (Å²) in [5, 5.41) is 3.43. The van der Waals surface area contributed by atoms with Gasteiger partial charge in [0.15, 0.2) is 0 Å². The minimum absolute atomic E-state index is 0.230. The van der Waals surface area contributed by atoms with Crippen LogP contribution in [0.5, 0.6) is 0 Å². The fourth-order valence-corrected chi connectivity index (χ4v) is 3.54. The van der Waals surface area contributed by atoms with Gasteiger partial charge < -0.3 is 15.6 Å². The third kappa shape index (κ3) is 3.28. The molecule has 5 heteroatoms. The minimum Gasteiger partial charge on any atom is -0.368 e. The lowest BCUT2D eigenvalue weighted by Gasteiger charge is -2.41. The quantitative estimate of drug-likeness (QED) is 0.875. The van der Waals surface area contributed by atoms with Gasteiger partial charge in [-0.2, -0.15) is 0 Å². The van der Waals surface area contributed by atoms with Gasteiger partial charge in [-0.05, 0) is 39.5 Å². The zero-order chi connectivity index (χ0) is 15.6. The second-order valence-electron chi connectivity index (χ2n) is 6.84. The monoisotopic (exact) mass is 292 g/mol. The van der Waals surface area contributed by atoms with E-state index in [-0.39, 0.29) is 18.0 Å². The normalized spacial score (nSPS) is 26.5. The standard InChI is InChI=1S/C16H28N4O/c1-11(2)14-18-8-9-20(14)13-6-5-7-16(10-13,15(17)21)19-12(3)4/h8-9,11-13,19H,5-7,10H2,1-4H3,(H2,17,21). The Balaban J connectivity index is 2.26. The van der Waals surface area contributed by atoms with E-state index in [9.17, 15) is 4.79 Å². The molecule has 118 valence electrons. The molecule has 1 aromatic heterocycles. The molecule has 1 aliphatic rings. The molecule has 21 heavy (non-hydrogen) atoms. The summed E-state index contributed by atoms with van der Waals surface area (Å²) in [4.78, 5) is 16.6. The van der Waals surface area contributed by atoms with Crippen molar-refractivity contribution >= 4 is 5.91 Å². The second kappa shape index (κ2) is 6.18. The van der Waals surface area contributed by atoms with Crippen molar-refractivity contribution in [1.29, 1.82) is 0 Å². The van der Waals surface area contributed by atoms with Crippen LogP contribution >= 0.6 is 0 Å². The van der Waals surface area contributed by atoms with Gasteiger partial charge in [0.2, 0.25) is 5.91 Å². The Labute approximate surface area is 127 Å². The summed E-state index contributed by atoms with van der Waals surface area (Å²) in [7, 11) is 0. The highest BCUT2D eigenvalue weighted by Crippen LogP contribution is 2.37. The highest BCUT2D eigenvalue weighted by Gasteiger charge is 2.42. The van der Waals surface area contributed by atoms with Gasteiger partial charge in [0.25, 0.3) is 0 Å². The van der Waals surface area contributed by atoms with Crippen molar-refractivity contribution in [2.24, 2.45) is 5.73 Å². The van der Waals surface area contributed by atoms with E-state index in [0.29, 0.717) is 5.92 Å². The maximum Gasteiger partial charge on any atom is 0.237 e. The number of rotatable bonds is 5. The van der Waals surface area contributed by atoms with Crippen molar-refractivity contribution in [2.75, 3.05) is 0 Å². The number of primary amides is 1. The van der Waals surface area contributed by atoms with E-state index in [1.807, 2.05) is 12.4 Å². The van der Waals surface area contributed by atoms with E-state index in [4.69, 9.17) is 5.73 Å². The SMILES string of the molecule is CC(C)NC1(C(N)=O)CCCC(n2ccnc2C(C)C)C1. The van der Waals surface area contributed by atoms with Gasteiger partial charge in [0, 0.05) is 30.4 Å². The largest absolute Gasteiger partial charge is 0.368 e. The number of carbonyl (C=O) groups excluding carboxylic acids is 1. The van der Waals surface area contributed by atoms with Crippen LogP contribution in [0.3, 0.4) is 0 Å². The fraction of sp³-hybridized carbons (Fsp3) is 0.750. The number of nitrogens with one attached hydrogen (secondary N) is 1. The zero-order valence-electron chi connectivity index (χ0n) is 13.6. The molecule has 1 fully saturated rings. The van der Waals surface area contributed by atoms with Crippen LogP contribution in [0.2, 0.25) is 0 Å². The molecular formula is C16H28N4O. The van der Waals surface area contributed by atoms with Gasteiger partial charge in [-0.1, -0.05) is 13.8 Å². The van der Waals surface area contributed by atoms with Crippen molar-refractivity contribution in [3.8, 4) is 0 Å². The molecule has 2 rings (SSSR count). The Kier molecular flexibility index (Phi) is 4.71. The van der Waals surface area contributed by atoms with E-state index >= 15 is 0 Å². The van der Waals surface area contributed by atoms with E-state index in [2.05, 4.69) is 42.6 Å². The third-order valence-electron chi connectivity index (χ3n) is 4.37. The van der Waals surface area contributed by atoms with Gasteiger partial charge in [-0.3, -0.25) is 4.79 Å². The van der Waals surface area contributed by atoms with Crippen LogP contribution in [0.4, 0.5) is 0 Å². The summed E-state index contributed by atoms with van der Waals surface area (Å²) >= 11 is 0. The first-order valence-electron chi connectivity index (χ1n) is 7.96. The Bertz CT molecular complexity index is 494. The van der Waals surface area contributed by atoms with Crippen molar-refractivity contribution in [3.05, 3.63) is 18.2 Å².